The molecule has 4 rings (SSSR count). The monoisotopic (exact) mass is 509 g/mol. The van der Waals surface area contributed by atoms with Crippen LogP contribution >= 0.6 is 11.6 Å². The zero-order chi connectivity index (χ0) is 25.7. The summed E-state index contributed by atoms with van der Waals surface area (Å²) in [6.07, 6.45) is 0. The number of halogens is 2. The van der Waals surface area contributed by atoms with Gasteiger partial charge in [0.1, 0.15) is 11.6 Å². The topological polar surface area (TPSA) is 61.9 Å². The van der Waals surface area contributed by atoms with Crippen molar-refractivity contribution < 1.29 is 18.7 Å². The lowest BCUT2D eigenvalue weighted by Crippen LogP contribution is -2.58. The second-order valence-corrected chi connectivity index (χ2v) is 9.49. The first-order chi connectivity index (χ1) is 17.3. The Bertz CT molecular complexity index is 1210. The molecule has 0 saturated carbocycles. The summed E-state index contributed by atoms with van der Waals surface area (Å²) in [5, 5.41) is 3.26. The fraction of sp³-hybridized carbons (Fsp3) is 0.286. The van der Waals surface area contributed by atoms with E-state index in [0.717, 1.165) is 5.56 Å². The molecule has 8 heteroatoms. The Morgan fingerprint density at radius 3 is 2.44 bits per heavy atom. The third kappa shape index (κ3) is 6.42. The molecule has 3 aromatic carbocycles. The number of benzene rings is 3. The van der Waals surface area contributed by atoms with Gasteiger partial charge in [-0.1, -0.05) is 41.9 Å². The summed E-state index contributed by atoms with van der Waals surface area (Å²) in [4.78, 5) is 29.8. The Kier molecular flexibility index (Phi) is 8.23. The van der Waals surface area contributed by atoms with Crippen molar-refractivity contribution in [2.75, 3.05) is 25.0 Å². The Labute approximate surface area is 215 Å². The van der Waals surface area contributed by atoms with Crippen molar-refractivity contribution >= 4 is 29.1 Å². The van der Waals surface area contributed by atoms with Gasteiger partial charge in [-0.2, -0.15) is 0 Å². The number of ether oxygens (including phenoxy) is 1. The maximum Gasteiger partial charge on any atom is 0.260 e. The molecule has 0 bridgehead atoms. The van der Waals surface area contributed by atoms with Crippen LogP contribution in [0.5, 0.6) is 5.75 Å². The quantitative estimate of drug-likeness (QED) is 0.473. The molecule has 2 unspecified atom stereocenters. The van der Waals surface area contributed by atoms with E-state index >= 15 is 0 Å². The number of rotatable bonds is 7. The molecule has 2 amide bonds. The lowest BCUT2D eigenvalue weighted by molar-refractivity contribution is -0.139. The van der Waals surface area contributed by atoms with E-state index in [2.05, 4.69) is 17.1 Å². The van der Waals surface area contributed by atoms with Gasteiger partial charge in [-0.25, -0.2) is 4.39 Å². The van der Waals surface area contributed by atoms with Crippen molar-refractivity contribution in [1.82, 2.24) is 9.80 Å². The molecule has 1 N–H and O–H groups in total. The Morgan fingerprint density at radius 1 is 1.00 bits per heavy atom. The van der Waals surface area contributed by atoms with E-state index in [9.17, 15) is 14.0 Å². The standard InChI is InChI=1S/C28H29ClFN3O3/c1-19-16-33(20(2)15-32(19)17-21-8-11-24(30)12-9-21)27(34)18-36-26-13-10-23(29)14-25(26)31-28(35)22-6-4-3-5-7-22/h3-14,19-20H,15-18H2,1-2H3,(H,31,35). The predicted octanol–water partition coefficient (Wildman–Crippen LogP) is 5.23. The third-order valence-corrected chi connectivity index (χ3v) is 6.55. The van der Waals surface area contributed by atoms with Crippen molar-refractivity contribution in [3.05, 3.63) is 94.8 Å². The smallest absolute Gasteiger partial charge is 0.260 e. The third-order valence-electron chi connectivity index (χ3n) is 6.31. The number of nitrogens with one attached hydrogen (secondary N) is 1. The molecular weight excluding hydrogens is 481 g/mol. The van der Waals surface area contributed by atoms with E-state index < -0.39 is 0 Å². The minimum Gasteiger partial charge on any atom is -0.482 e. The maximum atomic E-state index is 13.2. The van der Waals surface area contributed by atoms with E-state index in [1.165, 1.54) is 12.1 Å². The number of nitrogens with zero attached hydrogens (tertiary/aromatic N) is 2. The molecule has 6 nitrogen and oxygen atoms in total. The van der Waals surface area contributed by atoms with Crippen LogP contribution in [0.4, 0.5) is 10.1 Å². The fourth-order valence-corrected chi connectivity index (χ4v) is 4.49. The maximum absolute atomic E-state index is 13.2. The first kappa shape index (κ1) is 25.7. The summed E-state index contributed by atoms with van der Waals surface area (Å²) in [6, 6.07) is 20.3. The minimum atomic E-state index is -0.297. The lowest BCUT2D eigenvalue weighted by Gasteiger charge is -2.44. The van der Waals surface area contributed by atoms with Gasteiger partial charge in [0.25, 0.3) is 11.8 Å². The molecule has 1 fully saturated rings. The number of hydrogen-bond acceptors (Lipinski definition) is 4. The second-order valence-electron chi connectivity index (χ2n) is 9.05. The summed E-state index contributed by atoms with van der Waals surface area (Å²) in [6.45, 7) is 5.87. The van der Waals surface area contributed by atoms with Crippen LogP contribution in [0, 0.1) is 5.82 Å². The highest BCUT2D eigenvalue weighted by atomic mass is 35.5. The highest BCUT2D eigenvalue weighted by Crippen LogP contribution is 2.29. The van der Waals surface area contributed by atoms with Crippen LogP contribution in [0.2, 0.25) is 5.02 Å². The fourth-order valence-electron chi connectivity index (χ4n) is 4.32. The van der Waals surface area contributed by atoms with E-state index in [0.29, 0.717) is 41.7 Å². The predicted molar refractivity (Wildman–Crippen MR) is 139 cm³/mol. The van der Waals surface area contributed by atoms with Gasteiger partial charge in [0.05, 0.1) is 5.69 Å². The van der Waals surface area contributed by atoms with Crippen molar-refractivity contribution in [3.63, 3.8) is 0 Å². The van der Waals surface area contributed by atoms with E-state index in [4.69, 9.17) is 16.3 Å². The molecule has 36 heavy (non-hydrogen) atoms. The number of hydrogen-bond donors (Lipinski definition) is 1. The number of carbonyl (C=O) groups excluding carboxylic acids is 2. The van der Waals surface area contributed by atoms with Gasteiger partial charge >= 0.3 is 0 Å². The van der Waals surface area contributed by atoms with Gasteiger partial charge in [-0.05, 0) is 61.9 Å². The van der Waals surface area contributed by atoms with Crippen LogP contribution in [0.25, 0.3) is 0 Å². The molecule has 3 aromatic rings. The van der Waals surface area contributed by atoms with Gasteiger partial charge in [0, 0.05) is 42.3 Å². The molecule has 1 aliphatic heterocycles. The Hall–Kier alpha value is -3.42. The molecular formula is C28H29ClFN3O3. The SMILES string of the molecule is CC1CN(C(=O)COc2ccc(Cl)cc2NC(=O)c2ccccc2)C(C)CN1Cc1ccc(F)cc1. The van der Waals surface area contributed by atoms with Crippen LogP contribution < -0.4 is 10.1 Å². The van der Waals surface area contributed by atoms with Crippen molar-refractivity contribution in [2.45, 2.75) is 32.5 Å². The van der Waals surface area contributed by atoms with Crippen LogP contribution in [-0.4, -0.2) is 53.4 Å². The number of carbonyl (C=O) groups is 2. The number of anilines is 1. The van der Waals surface area contributed by atoms with E-state index in [-0.39, 0.29) is 36.3 Å². The van der Waals surface area contributed by atoms with Gasteiger partial charge in [-0.3, -0.25) is 14.5 Å². The second kappa shape index (κ2) is 11.5. The van der Waals surface area contributed by atoms with Gasteiger partial charge in [0.15, 0.2) is 6.61 Å². The summed E-state index contributed by atoms with van der Waals surface area (Å²) in [5.41, 5.74) is 1.93. The summed E-state index contributed by atoms with van der Waals surface area (Å²) < 4.78 is 19.1. The van der Waals surface area contributed by atoms with Crippen molar-refractivity contribution in [1.29, 1.82) is 0 Å². The minimum absolute atomic E-state index is 0.0137. The lowest BCUT2D eigenvalue weighted by atomic mass is 10.1. The Morgan fingerprint density at radius 2 is 1.72 bits per heavy atom. The van der Waals surface area contributed by atoms with Gasteiger partial charge in [-0.15, -0.1) is 0 Å². The van der Waals surface area contributed by atoms with Crippen molar-refractivity contribution in [2.24, 2.45) is 0 Å². The van der Waals surface area contributed by atoms with Crippen LogP contribution in [0.15, 0.2) is 72.8 Å². The molecule has 0 radical (unpaired) electrons. The zero-order valence-electron chi connectivity index (χ0n) is 20.3. The highest BCUT2D eigenvalue weighted by molar-refractivity contribution is 6.31. The normalized spacial score (nSPS) is 18.1. The van der Waals surface area contributed by atoms with Gasteiger partial charge < -0.3 is 15.0 Å². The number of piperazine rings is 1. The molecule has 0 aliphatic carbocycles. The molecule has 1 heterocycles. The Balaban J connectivity index is 1.37. The molecule has 0 spiro atoms. The van der Waals surface area contributed by atoms with E-state index in [1.54, 1.807) is 54.6 Å². The first-order valence-corrected chi connectivity index (χ1v) is 12.2. The molecule has 2 atom stereocenters. The summed E-state index contributed by atoms with van der Waals surface area (Å²) >= 11 is 6.14. The largest absolute Gasteiger partial charge is 0.482 e. The van der Waals surface area contributed by atoms with Crippen LogP contribution in [0.3, 0.4) is 0 Å². The molecule has 1 aliphatic rings. The first-order valence-electron chi connectivity index (χ1n) is 11.9. The average Bonchev–Trinajstić information content (AvgIpc) is 2.87. The highest BCUT2D eigenvalue weighted by Gasteiger charge is 2.32. The van der Waals surface area contributed by atoms with Crippen LogP contribution in [-0.2, 0) is 11.3 Å². The zero-order valence-corrected chi connectivity index (χ0v) is 21.0. The summed E-state index contributed by atoms with van der Waals surface area (Å²) in [7, 11) is 0. The summed E-state index contributed by atoms with van der Waals surface area (Å²) in [5.74, 6) is -0.313. The molecule has 188 valence electrons. The number of amides is 2. The van der Waals surface area contributed by atoms with Crippen molar-refractivity contribution in [3.8, 4) is 5.75 Å². The van der Waals surface area contributed by atoms with E-state index in [1.807, 2.05) is 17.9 Å². The average molecular weight is 510 g/mol. The van der Waals surface area contributed by atoms with Gasteiger partial charge in [0.2, 0.25) is 0 Å². The molecule has 0 aromatic heterocycles. The molecule has 1 saturated heterocycles. The van der Waals surface area contributed by atoms with Crippen LogP contribution in [0.1, 0.15) is 29.8 Å².